The summed E-state index contributed by atoms with van der Waals surface area (Å²) < 4.78 is 0. The lowest BCUT2D eigenvalue weighted by Gasteiger charge is -1.89. The number of pyridine rings is 1. The number of hydrogen-bond donors (Lipinski definition) is 0. The Bertz CT molecular complexity index is 147. The topological polar surface area (TPSA) is 12.9 Å². The Balaban J connectivity index is 3.03. The van der Waals surface area contributed by atoms with E-state index in [-0.39, 0.29) is 0 Å². The van der Waals surface area contributed by atoms with Gasteiger partial charge < -0.3 is 0 Å². The van der Waals surface area contributed by atoms with Gasteiger partial charge in [0.05, 0.1) is 0 Å². The third kappa shape index (κ3) is 1.28. The monoisotopic (exact) mass is 125 g/mol. The van der Waals surface area contributed by atoms with Crippen LogP contribution in [0.2, 0.25) is 0 Å². The second-order valence-corrected chi connectivity index (χ2v) is 2.40. The van der Waals surface area contributed by atoms with Crippen molar-refractivity contribution >= 4 is 14.5 Å². The highest BCUT2D eigenvalue weighted by Crippen LogP contribution is 1.89. The van der Waals surface area contributed by atoms with Gasteiger partial charge in [0.25, 0.3) is 0 Å². The fourth-order valence-corrected chi connectivity index (χ4v) is 0.650. The number of rotatable bonds is 0. The van der Waals surface area contributed by atoms with Crippen LogP contribution in [0.25, 0.3) is 0 Å². The van der Waals surface area contributed by atoms with Gasteiger partial charge >= 0.3 is 0 Å². The first kappa shape index (κ1) is 5.71. The number of aryl methyl sites for hydroxylation is 1. The maximum absolute atomic E-state index is 4.06. The summed E-state index contributed by atoms with van der Waals surface area (Å²) in [7, 11) is 2.59. The summed E-state index contributed by atoms with van der Waals surface area (Å²) in [6, 6.07) is 4.01. The van der Waals surface area contributed by atoms with Crippen molar-refractivity contribution in [1.82, 2.24) is 4.98 Å². The van der Waals surface area contributed by atoms with Crippen LogP contribution in [0.15, 0.2) is 18.3 Å². The molecule has 0 N–H and O–H groups in total. The van der Waals surface area contributed by atoms with E-state index >= 15 is 0 Å². The molecule has 1 unspecified atom stereocenters. The van der Waals surface area contributed by atoms with Gasteiger partial charge in [-0.3, -0.25) is 4.98 Å². The second kappa shape index (κ2) is 2.23. The molecule has 0 fully saturated rings. The van der Waals surface area contributed by atoms with Gasteiger partial charge in [-0.05, 0) is 18.3 Å². The Morgan fingerprint density at radius 3 is 2.62 bits per heavy atom. The van der Waals surface area contributed by atoms with Gasteiger partial charge in [0.1, 0.15) is 0 Å². The molecular weight excluding hydrogens is 117 g/mol. The van der Waals surface area contributed by atoms with Crippen LogP contribution in [-0.2, 0) is 0 Å². The average molecular weight is 125 g/mol. The molecule has 0 spiro atoms. The zero-order valence-corrected chi connectivity index (χ0v) is 5.91. The predicted octanol–water partition coefficient (Wildman–Crippen LogP) is 0.890. The molecule has 42 valence electrons. The van der Waals surface area contributed by atoms with Gasteiger partial charge in [-0.25, -0.2) is 0 Å². The summed E-state index contributed by atoms with van der Waals surface area (Å²) in [5, 5.41) is 1.13. The lowest BCUT2D eigenvalue weighted by atomic mass is 10.4. The Hall–Kier alpha value is -0.420. The molecular formula is C6H8NP. The zero-order valence-electron chi connectivity index (χ0n) is 4.76. The molecule has 0 amide bonds. The van der Waals surface area contributed by atoms with Crippen LogP contribution in [0, 0.1) is 6.92 Å². The highest BCUT2D eigenvalue weighted by molar-refractivity contribution is 7.27. The van der Waals surface area contributed by atoms with Crippen molar-refractivity contribution in [3.05, 3.63) is 24.0 Å². The molecule has 0 aliphatic carbocycles. The fraction of sp³-hybridized carbons (Fsp3) is 0.167. The molecule has 0 saturated carbocycles. The predicted molar refractivity (Wildman–Crippen MR) is 38.3 cm³/mol. The van der Waals surface area contributed by atoms with E-state index in [0.29, 0.717) is 0 Å². The first-order valence-corrected chi connectivity index (χ1v) is 3.05. The molecule has 0 aliphatic heterocycles. The molecule has 2 heteroatoms. The van der Waals surface area contributed by atoms with E-state index in [1.807, 2.05) is 25.3 Å². The Morgan fingerprint density at radius 1 is 1.50 bits per heavy atom. The molecule has 1 atom stereocenters. The normalized spacial score (nSPS) is 9.25. The first-order valence-electron chi connectivity index (χ1n) is 2.47. The summed E-state index contributed by atoms with van der Waals surface area (Å²) in [5.74, 6) is 0. The van der Waals surface area contributed by atoms with E-state index in [1.165, 1.54) is 0 Å². The molecule has 1 rings (SSSR count). The minimum atomic E-state index is 1.07. The second-order valence-electron chi connectivity index (χ2n) is 1.73. The van der Waals surface area contributed by atoms with Crippen LogP contribution in [0.5, 0.6) is 0 Å². The quantitative estimate of drug-likeness (QED) is 0.469. The van der Waals surface area contributed by atoms with E-state index in [9.17, 15) is 0 Å². The first-order chi connectivity index (χ1) is 3.79. The number of nitrogens with zero attached hydrogens (tertiary/aromatic N) is 1. The van der Waals surface area contributed by atoms with Crippen molar-refractivity contribution < 1.29 is 0 Å². The van der Waals surface area contributed by atoms with Gasteiger partial charge in [-0.2, -0.15) is 0 Å². The van der Waals surface area contributed by atoms with Gasteiger partial charge in [-0.1, -0.05) is 6.07 Å². The summed E-state index contributed by atoms with van der Waals surface area (Å²) >= 11 is 0. The summed E-state index contributed by atoms with van der Waals surface area (Å²) in [6.45, 7) is 1.98. The molecule has 1 nitrogen and oxygen atoms in total. The van der Waals surface area contributed by atoms with Crippen molar-refractivity contribution in [2.24, 2.45) is 0 Å². The van der Waals surface area contributed by atoms with E-state index in [0.717, 1.165) is 11.0 Å². The molecule has 0 aliphatic rings. The van der Waals surface area contributed by atoms with E-state index in [2.05, 4.69) is 14.2 Å². The van der Waals surface area contributed by atoms with Gasteiger partial charge in [0, 0.05) is 11.9 Å². The van der Waals surface area contributed by atoms with Crippen LogP contribution in [0.1, 0.15) is 5.69 Å². The molecule has 1 aromatic rings. The van der Waals surface area contributed by atoms with Crippen LogP contribution >= 0.6 is 9.24 Å². The molecule has 0 bridgehead atoms. The lowest BCUT2D eigenvalue weighted by molar-refractivity contribution is 1.21. The Kier molecular flexibility index (Phi) is 1.59. The highest BCUT2D eigenvalue weighted by atomic mass is 31.0. The lowest BCUT2D eigenvalue weighted by Crippen LogP contribution is -1.90. The van der Waals surface area contributed by atoms with Crippen LogP contribution in [0.4, 0.5) is 0 Å². The smallest absolute Gasteiger partial charge is 0.0373 e. The molecule has 8 heavy (non-hydrogen) atoms. The van der Waals surface area contributed by atoms with Crippen LogP contribution < -0.4 is 5.30 Å². The molecule has 0 radical (unpaired) electrons. The number of aromatic nitrogens is 1. The minimum Gasteiger partial charge on any atom is -0.261 e. The summed E-state index contributed by atoms with van der Waals surface area (Å²) in [6.07, 6.45) is 1.83. The van der Waals surface area contributed by atoms with Crippen molar-refractivity contribution in [2.75, 3.05) is 0 Å². The van der Waals surface area contributed by atoms with Gasteiger partial charge in [0.2, 0.25) is 0 Å². The van der Waals surface area contributed by atoms with Crippen LogP contribution in [-0.4, -0.2) is 4.98 Å². The highest BCUT2D eigenvalue weighted by Gasteiger charge is 1.81. The molecule has 1 aromatic heterocycles. The third-order valence-corrected chi connectivity index (χ3v) is 1.28. The van der Waals surface area contributed by atoms with Crippen molar-refractivity contribution in [3.8, 4) is 0 Å². The van der Waals surface area contributed by atoms with E-state index in [1.54, 1.807) is 0 Å². The molecule has 0 aromatic carbocycles. The Morgan fingerprint density at radius 2 is 2.25 bits per heavy atom. The van der Waals surface area contributed by atoms with Gasteiger partial charge in [0.15, 0.2) is 0 Å². The maximum atomic E-state index is 4.06. The van der Waals surface area contributed by atoms with Crippen LogP contribution in [0.3, 0.4) is 0 Å². The van der Waals surface area contributed by atoms with Crippen molar-refractivity contribution in [2.45, 2.75) is 6.92 Å². The van der Waals surface area contributed by atoms with E-state index < -0.39 is 0 Å². The standard InChI is InChI=1S/C6H8NP/c1-5-2-3-6(8)4-7-5/h2-4H,8H2,1H3. The van der Waals surface area contributed by atoms with Gasteiger partial charge in [-0.15, -0.1) is 9.24 Å². The van der Waals surface area contributed by atoms with Crippen molar-refractivity contribution in [3.63, 3.8) is 0 Å². The fourth-order valence-electron chi connectivity index (χ4n) is 0.479. The zero-order chi connectivity index (χ0) is 5.98. The molecule has 0 saturated heterocycles. The summed E-state index contributed by atoms with van der Waals surface area (Å²) in [4.78, 5) is 4.06. The SMILES string of the molecule is Cc1ccc(P)cn1. The van der Waals surface area contributed by atoms with E-state index in [4.69, 9.17) is 0 Å². The third-order valence-electron chi connectivity index (χ3n) is 0.934. The summed E-state index contributed by atoms with van der Waals surface area (Å²) in [5.41, 5.74) is 1.07. The minimum absolute atomic E-state index is 1.07. The van der Waals surface area contributed by atoms with Crippen molar-refractivity contribution in [1.29, 1.82) is 0 Å². The number of hydrogen-bond acceptors (Lipinski definition) is 1. The largest absolute Gasteiger partial charge is 0.261 e. The average Bonchev–Trinajstić information content (AvgIpc) is 1.77. The maximum Gasteiger partial charge on any atom is 0.0373 e. The molecule has 1 heterocycles. The Labute approximate surface area is 51.3 Å².